The molecule has 0 aromatic carbocycles. The average molecular weight is 168 g/mol. The first-order valence-electron chi connectivity index (χ1n) is 4.66. The lowest BCUT2D eigenvalue weighted by Gasteiger charge is -2.49. The molecule has 3 nitrogen and oxygen atoms in total. The van der Waals surface area contributed by atoms with Crippen LogP contribution >= 0.6 is 0 Å². The Kier molecular flexibility index (Phi) is 1.93. The molecule has 2 bridgehead atoms. The Bertz CT molecular complexity index is 195. The van der Waals surface area contributed by atoms with E-state index in [1.165, 1.54) is 12.8 Å². The Morgan fingerprint density at radius 2 is 2.25 bits per heavy atom. The van der Waals surface area contributed by atoms with Gasteiger partial charge in [0.15, 0.2) is 0 Å². The molecule has 3 saturated heterocycles. The normalized spacial score (nSPS) is 41.7. The maximum Gasteiger partial charge on any atom is 0.148 e. The zero-order valence-electron chi connectivity index (χ0n) is 7.71. The largest absolute Gasteiger partial charge is 0.310 e. The van der Waals surface area contributed by atoms with Crippen LogP contribution in [0.15, 0.2) is 0 Å². The van der Waals surface area contributed by atoms with Gasteiger partial charge >= 0.3 is 0 Å². The molecule has 3 aliphatic rings. The van der Waals surface area contributed by atoms with Gasteiger partial charge in [0.1, 0.15) is 5.78 Å². The van der Waals surface area contributed by atoms with Crippen LogP contribution in [0.5, 0.6) is 0 Å². The van der Waals surface area contributed by atoms with Crippen LogP contribution < -0.4 is 5.32 Å². The van der Waals surface area contributed by atoms with Gasteiger partial charge in [-0.2, -0.15) is 0 Å². The highest BCUT2D eigenvalue weighted by molar-refractivity contribution is 5.82. The van der Waals surface area contributed by atoms with Gasteiger partial charge in [-0.25, -0.2) is 0 Å². The van der Waals surface area contributed by atoms with Gasteiger partial charge in [0.05, 0.1) is 6.04 Å². The van der Waals surface area contributed by atoms with Crippen molar-refractivity contribution in [1.82, 2.24) is 10.2 Å². The van der Waals surface area contributed by atoms with E-state index in [1.807, 2.05) is 0 Å². The van der Waals surface area contributed by atoms with Crippen LogP contribution in [0.1, 0.15) is 19.8 Å². The Morgan fingerprint density at radius 3 is 2.58 bits per heavy atom. The average Bonchev–Trinajstić information content (AvgIpc) is 2.05. The van der Waals surface area contributed by atoms with E-state index < -0.39 is 0 Å². The highest BCUT2D eigenvalue weighted by Crippen LogP contribution is 2.26. The summed E-state index contributed by atoms with van der Waals surface area (Å²) in [6.45, 7) is 2.76. The second kappa shape index (κ2) is 2.82. The van der Waals surface area contributed by atoms with E-state index in [4.69, 9.17) is 0 Å². The third kappa shape index (κ3) is 1.08. The first-order valence-corrected chi connectivity index (χ1v) is 4.66. The third-order valence-electron chi connectivity index (χ3n) is 3.24. The van der Waals surface area contributed by atoms with E-state index in [1.54, 1.807) is 6.92 Å². The van der Waals surface area contributed by atoms with Crippen molar-refractivity contribution in [2.75, 3.05) is 13.6 Å². The van der Waals surface area contributed by atoms with Crippen LogP contribution in [-0.4, -0.2) is 42.4 Å². The minimum atomic E-state index is 0.137. The molecule has 0 aromatic rings. The molecule has 1 N–H and O–H groups in total. The number of nitrogens with one attached hydrogen (secondary N) is 1. The summed E-state index contributed by atoms with van der Waals surface area (Å²) in [4.78, 5) is 13.6. The molecule has 3 heteroatoms. The van der Waals surface area contributed by atoms with Gasteiger partial charge in [-0.1, -0.05) is 0 Å². The summed E-state index contributed by atoms with van der Waals surface area (Å²) in [5.41, 5.74) is 0. The number of piperidine rings is 2. The molecule has 68 valence electrons. The Morgan fingerprint density at radius 1 is 1.50 bits per heavy atom. The topological polar surface area (TPSA) is 32.3 Å². The summed E-state index contributed by atoms with van der Waals surface area (Å²) in [6, 6.07) is 1.14. The number of hydrogen-bond donors (Lipinski definition) is 1. The molecule has 0 amide bonds. The molecule has 3 heterocycles. The Labute approximate surface area is 73.1 Å². The molecule has 0 aromatic heterocycles. The van der Waals surface area contributed by atoms with Gasteiger partial charge < -0.3 is 5.32 Å². The Hall–Kier alpha value is -0.410. The first kappa shape index (κ1) is 8.20. The highest BCUT2D eigenvalue weighted by atomic mass is 16.1. The smallest absolute Gasteiger partial charge is 0.148 e. The van der Waals surface area contributed by atoms with Crippen molar-refractivity contribution in [3.63, 3.8) is 0 Å². The quantitative estimate of drug-likeness (QED) is 0.598. The fourth-order valence-electron chi connectivity index (χ4n) is 2.56. The number of ketones is 1. The van der Waals surface area contributed by atoms with E-state index in [0.29, 0.717) is 17.9 Å². The number of carbonyl (C=O) groups excluding carboxylic acids is 1. The minimum Gasteiger partial charge on any atom is -0.310 e. The SMILES string of the molecule is CC(=O)C1C2CCC(CN2)N1C. The molecule has 0 radical (unpaired) electrons. The van der Waals surface area contributed by atoms with Crippen LogP contribution in [0, 0.1) is 0 Å². The molecule has 3 aliphatic heterocycles. The van der Waals surface area contributed by atoms with Crippen molar-refractivity contribution < 1.29 is 4.79 Å². The van der Waals surface area contributed by atoms with Gasteiger partial charge in [0, 0.05) is 18.6 Å². The number of rotatable bonds is 1. The van der Waals surface area contributed by atoms with Crippen LogP contribution in [-0.2, 0) is 4.79 Å². The summed E-state index contributed by atoms with van der Waals surface area (Å²) in [7, 11) is 2.07. The lowest BCUT2D eigenvalue weighted by atomic mass is 9.85. The first-order chi connectivity index (χ1) is 5.70. The summed E-state index contributed by atoms with van der Waals surface area (Å²) in [5, 5.41) is 3.42. The summed E-state index contributed by atoms with van der Waals surface area (Å²) in [6.07, 6.45) is 2.41. The van der Waals surface area contributed by atoms with Crippen molar-refractivity contribution in [2.24, 2.45) is 0 Å². The van der Waals surface area contributed by atoms with Crippen molar-refractivity contribution in [1.29, 1.82) is 0 Å². The van der Waals surface area contributed by atoms with E-state index in [0.717, 1.165) is 6.54 Å². The summed E-state index contributed by atoms with van der Waals surface area (Å²) < 4.78 is 0. The van der Waals surface area contributed by atoms with Crippen molar-refractivity contribution in [3.05, 3.63) is 0 Å². The summed E-state index contributed by atoms with van der Waals surface area (Å²) in [5.74, 6) is 0.305. The van der Waals surface area contributed by atoms with E-state index >= 15 is 0 Å². The number of piperazine rings is 1. The number of carbonyl (C=O) groups is 1. The van der Waals surface area contributed by atoms with Crippen molar-refractivity contribution in [3.8, 4) is 0 Å². The van der Waals surface area contributed by atoms with Gasteiger partial charge in [0.25, 0.3) is 0 Å². The minimum absolute atomic E-state index is 0.137. The van der Waals surface area contributed by atoms with Gasteiger partial charge in [-0.15, -0.1) is 0 Å². The second-order valence-corrected chi connectivity index (χ2v) is 3.97. The second-order valence-electron chi connectivity index (χ2n) is 3.97. The number of Topliss-reactive ketones (excluding diaryl/α,β-unsaturated/α-hetero) is 1. The predicted molar refractivity (Wildman–Crippen MR) is 47.0 cm³/mol. The Balaban J connectivity index is 2.18. The molecule has 3 fully saturated rings. The standard InChI is InChI=1S/C9H16N2O/c1-6(12)9-8-4-3-7(5-10-8)11(9)2/h7-10H,3-5H2,1-2H3. The van der Waals surface area contributed by atoms with E-state index in [-0.39, 0.29) is 6.04 Å². The third-order valence-corrected chi connectivity index (χ3v) is 3.24. The van der Waals surface area contributed by atoms with Crippen LogP contribution in [0.4, 0.5) is 0 Å². The maximum atomic E-state index is 11.3. The van der Waals surface area contributed by atoms with Crippen LogP contribution in [0.25, 0.3) is 0 Å². The lowest BCUT2D eigenvalue weighted by molar-refractivity contribution is -0.127. The number of likely N-dealkylation sites (N-methyl/N-ethyl adjacent to an activating group) is 1. The van der Waals surface area contributed by atoms with Crippen LogP contribution in [0.3, 0.4) is 0 Å². The van der Waals surface area contributed by atoms with Gasteiger partial charge in [-0.3, -0.25) is 9.69 Å². The van der Waals surface area contributed by atoms with E-state index in [9.17, 15) is 4.79 Å². The predicted octanol–water partition coefficient (Wildman–Crippen LogP) is 0.0100. The highest BCUT2D eigenvalue weighted by Gasteiger charge is 2.41. The molecule has 0 spiro atoms. The molecule has 3 rings (SSSR count). The maximum absolute atomic E-state index is 11.3. The number of fused-ring (bicyclic) bond motifs is 3. The number of nitrogens with zero attached hydrogens (tertiary/aromatic N) is 1. The zero-order chi connectivity index (χ0) is 8.72. The van der Waals surface area contributed by atoms with Crippen molar-refractivity contribution in [2.45, 2.75) is 37.9 Å². The zero-order valence-corrected chi connectivity index (χ0v) is 7.71. The molecule has 0 aliphatic carbocycles. The van der Waals surface area contributed by atoms with Crippen molar-refractivity contribution >= 4 is 5.78 Å². The van der Waals surface area contributed by atoms with E-state index in [2.05, 4.69) is 17.3 Å². The molecule has 3 atom stereocenters. The van der Waals surface area contributed by atoms with Crippen LogP contribution in [0.2, 0.25) is 0 Å². The monoisotopic (exact) mass is 168 g/mol. The molecule has 12 heavy (non-hydrogen) atoms. The fraction of sp³-hybridized carbons (Fsp3) is 0.889. The van der Waals surface area contributed by atoms with Gasteiger partial charge in [0.2, 0.25) is 0 Å². The number of hydrogen-bond acceptors (Lipinski definition) is 3. The van der Waals surface area contributed by atoms with Gasteiger partial charge in [-0.05, 0) is 26.8 Å². The molecule has 3 unspecified atom stereocenters. The fourth-order valence-corrected chi connectivity index (χ4v) is 2.56. The molecular formula is C9H16N2O. The lowest BCUT2D eigenvalue weighted by Crippen LogP contribution is -2.67. The summed E-state index contributed by atoms with van der Waals surface area (Å²) >= 11 is 0. The molecule has 0 saturated carbocycles. The molecular weight excluding hydrogens is 152 g/mol.